The van der Waals surface area contributed by atoms with E-state index in [9.17, 15) is 9.18 Å². The summed E-state index contributed by atoms with van der Waals surface area (Å²) in [6.07, 6.45) is 0. The lowest BCUT2D eigenvalue weighted by atomic mass is 10.0. The van der Waals surface area contributed by atoms with E-state index in [4.69, 9.17) is 10.8 Å². The van der Waals surface area contributed by atoms with Crippen molar-refractivity contribution in [2.45, 2.75) is 19.2 Å². The summed E-state index contributed by atoms with van der Waals surface area (Å²) in [6, 6.07) is 12.6. The highest BCUT2D eigenvalue weighted by atomic mass is 19.1. The van der Waals surface area contributed by atoms with E-state index >= 15 is 0 Å². The van der Waals surface area contributed by atoms with Crippen LogP contribution in [0, 0.1) is 5.82 Å². The van der Waals surface area contributed by atoms with E-state index in [0.29, 0.717) is 12.1 Å². The summed E-state index contributed by atoms with van der Waals surface area (Å²) in [5, 5.41) is 9.04. The first-order valence-corrected chi connectivity index (χ1v) is 6.95. The van der Waals surface area contributed by atoms with E-state index in [0.717, 1.165) is 11.1 Å². The van der Waals surface area contributed by atoms with Gasteiger partial charge in [0.1, 0.15) is 11.9 Å². The topological polar surface area (TPSA) is 66.6 Å². The van der Waals surface area contributed by atoms with Gasteiger partial charge < -0.3 is 10.8 Å². The minimum Gasteiger partial charge on any atom is -0.392 e. The maximum atomic E-state index is 13.4. The van der Waals surface area contributed by atoms with Crippen molar-refractivity contribution in [1.82, 2.24) is 4.90 Å². The highest BCUT2D eigenvalue weighted by Gasteiger charge is 2.23. The number of primary amides is 1. The molecule has 5 heteroatoms. The standard InChI is InChI=1S/C17H19FN2O2/c1-20(10-12-5-7-13(11-21)8-6-12)16(17(19)22)14-3-2-4-15(18)9-14/h2-9,16,21H,10-11H2,1H3,(H2,19,22). The van der Waals surface area contributed by atoms with Crippen molar-refractivity contribution in [1.29, 1.82) is 0 Å². The summed E-state index contributed by atoms with van der Waals surface area (Å²) in [5.74, 6) is -0.926. The molecule has 2 aromatic carbocycles. The summed E-state index contributed by atoms with van der Waals surface area (Å²) in [6.45, 7) is 0.471. The summed E-state index contributed by atoms with van der Waals surface area (Å²) in [5.41, 5.74) is 7.81. The molecule has 4 nitrogen and oxygen atoms in total. The number of likely N-dealkylation sites (N-methyl/N-ethyl adjacent to an activating group) is 1. The van der Waals surface area contributed by atoms with Gasteiger partial charge in [0.05, 0.1) is 6.61 Å². The zero-order valence-corrected chi connectivity index (χ0v) is 12.4. The molecule has 0 aliphatic carbocycles. The lowest BCUT2D eigenvalue weighted by molar-refractivity contribution is -0.123. The van der Waals surface area contributed by atoms with Gasteiger partial charge in [0, 0.05) is 6.54 Å². The third kappa shape index (κ3) is 3.90. The molecule has 0 saturated carbocycles. The molecule has 0 heterocycles. The molecule has 0 aliphatic rings. The minimum absolute atomic E-state index is 0.0106. The molecule has 1 amide bonds. The largest absolute Gasteiger partial charge is 0.392 e. The lowest BCUT2D eigenvalue weighted by Crippen LogP contribution is -2.35. The third-order valence-electron chi connectivity index (χ3n) is 3.51. The number of hydrogen-bond donors (Lipinski definition) is 2. The van der Waals surface area contributed by atoms with Crippen LogP contribution in [0.4, 0.5) is 4.39 Å². The van der Waals surface area contributed by atoms with E-state index in [2.05, 4.69) is 0 Å². The molecule has 116 valence electrons. The van der Waals surface area contributed by atoms with Crippen LogP contribution in [-0.4, -0.2) is 23.0 Å². The van der Waals surface area contributed by atoms with Gasteiger partial charge in [0.25, 0.3) is 0 Å². The number of aliphatic hydroxyl groups excluding tert-OH is 1. The summed E-state index contributed by atoms with van der Waals surface area (Å²) in [7, 11) is 1.76. The van der Waals surface area contributed by atoms with Crippen molar-refractivity contribution in [2.24, 2.45) is 5.73 Å². The van der Waals surface area contributed by atoms with Crippen molar-refractivity contribution in [3.05, 3.63) is 71.0 Å². The number of rotatable bonds is 6. The molecule has 0 saturated heterocycles. The quantitative estimate of drug-likeness (QED) is 0.857. The number of nitrogens with zero attached hydrogens (tertiary/aromatic N) is 1. The van der Waals surface area contributed by atoms with E-state index in [1.807, 2.05) is 24.3 Å². The van der Waals surface area contributed by atoms with Crippen LogP contribution in [0.1, 0.15) is 22.7 Å². The van der Waals surface area contributed by atoms with Crippen molar-refractivity contribution >= 4 is 5.91 Å². The van der Waals surface area contributed by atoms with E-state index < -0.39 is 17.8 Å². The number of hydrogen-bond acceptors (Lipinski definition) is 3. The molecule has 2 aromatic rings. The average Bonchev–Trinajstić information content (AvgIpc) is 2.48. The number of aliphatic hydroxyl groups is 1. The Morgan fingerprint density at radius 3 is 2.41 bits per heavy atom. The van der Waals surface area contributed by atoms with E-state index in [1.165, 1.54) is 12.1 Å². The van der Waals surface area contributed by atoms with Gasteiger partial charge in [-0.05, 0) is 35.9 Å². The first-order valence-electron chi connectivity index (χ1n) is 6.95. The zero-order valence-electron chi connectivity index (χ0n) is 12.4. The summed E-state index contributed by atoms with van der Waals surface area (Å²) >= 11 is 0. The second-order valence-corrected chi connectivity index (χ2v) is 5.25. The fraction of sp³-hybridized carbons (Fsp3) is 0.235. The monoisotopic (exact) mass is 302 g/mol. The number of amides is 1. The van der Waals surface area contributed by atoms with Gasteiger partial charge in [0.15, 0.2) is 0 Å². The molecule has 1 unspecified atom stereocenters. The second kappa shape index (κ2) is 7.15. The molecule has 2 rings (SSSR count). The highest BCUT2D eigenvalue weighted by Crippen LogP contribution is 2.22. The number of carbonyl (C=O) groups is 1. The fourth-order valence-electron chi connectivity index (χ4n) is 2.44. The van der Waals surface area contributed by atoms with Crippen molar-refractivity contribution in [2.75, 3.05) is 7.05 Å². The van der Waals surface area contributed by atoms with Crippen LogP contribution in [-0.2, 0) is 17.9 Å². The van der Waals surface area contributed by atoms with Crippen molar-refractivity contribution < 1.29 is 14.3 Å². The Balaban J connectivity index is 2.19. The highest BCUT2D eigenvalue weighted by molar-refractivity contribution is 5.81. The summed E-state index contributed by atoms with van der Waals surface area (Å²) < 4.78 is 13.4. The molecule has 0 aromatic heterocycles. The first kappa shape index (κ1) is 16.1. The van der Waals surface area contributed by atoms with Crippen molar-refractivity contribution in [3.63, 3.8) is 0 Å². The van der Waals surface area contributed by atoms with Crippen LogP contribution in [0.5, 0.6) is 0 Å². The Bertz CT molecular complexity index is 643. The molecule has 0 fully saturated rings. The van der Waals surface area contributed by atoms with E-state index in [-0.39, 0.29) is 6.61 Å². The summed E-state index contributed by atoms with van der Waals surface area (Å²) in [4.78, 5) is 13.5. The zero-order chi connectivity index (χ0) is 16.1. The van der Waals surface area contributed by atoms with Gasteiger partial charge in [-0.25, -0.2) is 4.39 Å². The van der Waals surface area contributed by atoms with Gasteiger partial charge in [-0.15, -0.1) is 0 Å². The Morgan fingerprint density at radius 2 is 1.86 bits per heavy atom. The van der Waals surface area contributed by atoms with Crippen LogP contribution in [0.2, 0.25) is 0 Å². The number of benzene rings is 2. The maximum Gasteiger partial charge on any atom is 0.239 e. The predicted octanol–water partition coefficient (Wildman–Crippen LogP) is 1.98. The molecule has 3 N–H and O–H groups in total. The first-order chi connectivity index (χ1) is 10.5. The maximum absolute atomic E-state index is 13.4. The number of carbonyl (C=O) groups excluding carboxylic acids is 1. The molecule has 0 spiro atoms. The van der Waals surface area contributed by atoms with Crippen molar-refractivity contribution in [3.8, 4) is 0 Å². The van der Waals surface area contributed by atoms with Crippen LogP contribution in [0.3, 0.4) is 0 Å². The lowest BCUT2D eigenvalue weighted by Gasteiger charge is -2.26. The van der Waals surface area contributed by atoms with Gasteiger partial charge in [-0.2, -0.15) is 0 Å². The van der Waals surface area contributed by atoms with Crippen LogP contribution in [0.15, 0.2) is 48.5 Å². The van der Waals surface area contributed by atoms with Gasteiger partial charge in [-0.1, -0.05) is 36.4 Å². The van der Waals surface area contributed by atoms with Crippen LogP contribution >= 0.6 is 0 Å². The number of halogens is 1. The van der Waals surface area contributed by atoms with Gasteiger partial charge in [-0.3, -0.25) is 9.69 Å². The van der Waals surface area contributed by atoms with E-state index in [1.54, 1.807) is 24.1 Å². The second-order valence-electron chi connectivity index (χ2n) is 5.25. The van der Waals surface area contributed by atoms with Crippen LogP contribution < -0.4 is 5.73 Å². The molecule has 1 atom stereocenters. The molecular formula is C17H19FN2O2. The Morgan fingerprint density at radius 1 is 1.23 bits per heavy atom. The molecule has 0 bridgehead atoms. The normalized spacial score (nSPS) is 12.4. The van der Waals surface area contributed by atoms with Gasteiger partial charge >= 0.3 is 0 Å². The van der Waals surface area contributed by atoms with Crippen LogP contribution in [0.25, 0.3) is 0 Å². The molecule has 0 aliphatic heterocycles. The molecular weight excluding hydrogens is 283 g/mol. The van der Waals surface area contributed by atoms with Gasteiger partial charge in [0.2, 0.25) is 5.91 Å². The smallest absolute Gasteiger partial charge is 0.239 e. The Kier molecular flexibility index (Phi) is 5.25. The Hall–Kier alpha value is -2.24. The SMILES string of the molecule is CN(Cc1ccc(CO)cc1)C(C(N)=O)c1cccc(F)c1. The number of nitrogens with two attached hydrogens (primary N) is 1. The third-order valence-corrected chi connectivity index (χ3v) is 3.51. The minimum atomic E-state index is -0.701. The Labute approximate surface area is 129 Å². The average molecular weight is 302 g/mol. The predicted molar refractivity (Wildman–Crippen MR) is 82.2 cm³/mol. The molecule has 0 radical (unpaired) electrons. The fourth-order valence-corrected chi connectivity index (χ4v) is 2.44. The molecule has 22 heavy (non-hydrogen) atoms.